The molecule has 1 spiro atoms. The minimum Gasteiger partial charge on any atom is -0.493 e. The number of carboxylic acids is 1. The number of carbonyl (C=O) groups is 2. The highest BCUT2D eigenvalue weighted by molar-refractivity contribution is 6.30. The van der Waals surface area contributed by atoms with Crippen molar-refractivity contribution < 1.29 is 28.9 Å². The second-order valence-corrected chi connectivity index (χ2v) is 18.3. The average molecular weight is 784 g/mol. The number of anilines is 1. The first-order valence-corrected chi connectivity index (χ1v) is 21.4. The van der Waals surface area contributed by atoms with E-state index in [9.17, 15) is 14.7 Å². The number of halogens is 1. The van der Waals surface area contributed by atoms with Gasteiger partial charge < -0.3 is 29.5 Å². The number of carbonyl (C=O) groups excluding carboxylic acids is 1. The summed E-state index contributed by atoms with van der Waals surface area (Å²) >= 11 is 6.32. The number of ether oxygens (including phenoxy) is 3. The molecule has 300 valence electrons. The van der Waals surface area contributed by atoms with Crippen molar-refractivity contribution in [2.75, 3.05) is 38.7 Å². The van der Waals surface area contributed by atoms with Crippen molar-refractivity contribution >= 4 is 29.0 Å². The number of hydrogen-bond donors (Lipinski definition) is 2. The summed E-state index contributed by atoms with van der Waals surface area (Å²) in [5.74, 6) is 3.38. The maximum absolute atomic E-state index is 13.1. The molecule has 2 saturated carbocycles. The van der Waals surface area contributed by atoms with E-state index in [0.29, 0.717) is 74.2 Å². The third-order valence-corrected chi connectivity index (χ3v) is 14.2. The monoisotopic (exact) mass is 783 g/mol. The summed E-state index contributed by atoms with van der Waals surface area (Å²) in [6, 6.07) is 14.3. The van der Waals surface area contributed by atoms with Crippen molar-refractivity contribution in [3.8, 4) is 17.2 Å². The molecule has 1 aromatic heterocycles. The van der Waals surface area contributed by atoms with E-state index in [1.54, 1.807) is 12.1 Å². The Labute approximate surface area is 336 Å². The van der Waals surface area contributed by atoms with Crippen LogP contribution in [0.1, 0.15) is 113 Å². The summed E-state index contributed by atoms with van der Waals surface area (Å²) in [4.78, 5) is 32.0. The van der Waals surface area contributed by atoms with Gasteiger partial charge in [0.05, 0.1) is 19.8 Å². The molecule has 5 aliphatic rings. The normalized spacial score (nSPS) is 28.0. The lowest BCUT2D eigenvalue weighted by Crippen LogP contribution is -2.53. The van der Waals surface area contributed by atoms with Gasteiger partial charge in [0, 0.05) is 59.5 Å². The van der Waals surface area contributed by atoms with Gasteiger partial charge in [0.1, 0.15) is 17.1 Å². The molecule has 10 heteroatoms. The van der Waals surface area contributed by atoms with Crippen molar-refractivity contribution in [2.24, 2.45) is 17.8 Å². The van der Waals surface area contributed by atoms with Gasteiger partial charge >= 0.3 is 5.97 Å². The molecule has 2 heterocycles. The maximum atomic E-state index is 13.1. The van der Waals surface area contributed by atoms with Crippen molar-refractivity contribution in [3.05, 3.63) is 76.1 Å². The molecule has 9 nitrogen and oxygen atoms in total. The fourth-order valence-electron chi connectivity index (χ4n) is 10.8. The van der Waals surface area contributed by atoms with E-state index in [-0.39, 0.29) is 17.3 Å². The third kappa shape index (κ3) is 7.87. The van der Waals surface area contributed by atoms with Crippen LogP contribution in [0.2, 0.25) is 5.02 Å². The Balaban J connectivity index is 1.02. The van der Waals surface area contributed by atoms with Crippen molar-refractivity contribution in [3.63, 3.8) is 0 Å². The molecule has 56 heavy (non-hydrogen) atoms. The predicted octanol–water partition coefficient (Wildman–Crippen LogP) is 9.03. The van der Waals surface area contributed by atoms with Crippen molar-refractivity contribution in [2.45, 2.75) is 120 Å². The average Bonchev–Trinajstić information content (AvgIpc) is 3.31. The zero-order valence-electron chi connectivity index (χ0n) is 33.3. The highest BCUT2D eigenvalue weighted by Gasteiger charge is 2.54. The summed E-state index contributed by atoms with van der Waals surface area (Å²) in [7, 11) is 2.16. The van der Waals surface area contributed by atoms with Gasteiger partial charge in [-0.1, -0.05) is 31.5 Å². The second kappa shape index (κ2) is 16.2. The molecule has 0 saturated heterocycles. The predicted molar refractivity (Wildman–Crippen MR) is 218 cm³/mol. The van der Waals surface area contributed by atoms with Gasteiger partial charge in [-0.3, -0.25) is 9.78 Å². The van der Waals surface area contributed by atoms with E-state index in [0.717, 1.165) is 80.8 Å². The lowest BCUT2D eigenvalue weighted by Gasteiger charge is -2.47. The molecular weight excluding hydrogens is 726 g/mol. The van der Waals surface area contributed by atoms with Crippen LogP contribution in [0.5, 0.6) is 17.2 Å². The van der Waals surface area contributed by atoms with Gasteiger partial charge in [-0.05, 0) is 148 Å². The molecule has 2 fully saturated rings. The van der Waals surface area contributed by atoms with Crippen LogP contribution in [-0.2, 0) is 27.8 Å². The van der Waals surface area contributed by atoms with Gasteiger partial charge in [-0.2, -0.15) is 0 Å². The van der Waals surface area contributed by atoms with Crippen LogP contribution in [0.15, 0.2) is 48.7 Å². The molecule has 0 amide bonds. The Morgan fingerprint density at radius 1 is 1.05 bits per heavy atom. The third-order valence-electron chi connectivity index (χ3n) is 14.0. The zero-order chi connectivity index (χ0) is 39.0. The number of ketones is 1. The number of benzene rings is 2. The lowest BCUT2D eigenvalue weighted by atomic mass is 9.59. The van der Waals surface area contributed by atoms with Crippen LogP contribution in [0.4, 0.5) is 5.69 Å². The number of nitrogens with one attached hydrogen (secondary N) is 1. The Kier molecular flexibility index (Phi) is 11.3. The zero-order valence-corrected chi connectivity index (χ0v) is 34.0. The largest absolute Gasteiger partial charge is 0.493 e. The fourth-order valence-corrected chi connectivity index (χ4v) is 11.0. The van der Waals surface area contributed by atoms with E-state index in [2.05, 4.69) is 48.2 Å². The molecule has 4 atom stereocenters. The first-order chi connectivity index (χ1) is 27.0. The Hall–Kier alpha value is -3.82. The van der Waals surface area contributed by atoms with Crippen molar-refractivity contribution in [1.29, 1.82) is 0 Å². The summed E-state index contributed by atoms with van der Waals surface area (Å²) in [5, 5.41) is 14.7. The topological polar surface area (TPSA) is 110 Å². The van der Waals surface area contributed by atoms with Gasteiger partial charge in [0.15, 0.2) is 11.5 Å². The number of aliphatic carboxylic acids is 1. The maximum Gasteiger partial charge on any atom is 0.329 e. The van der Waals surface area contributed by atoms with Gasteiger partial charge in [0.2, 0.25) is 0 Å². The molecule has 0 radical (unpaired) electrons. The minimum atomic E-state index is -1.09. The van der Waals surface area contributed by atoms with E-state index < -0.39 is 11.5 Å². The van der Waals surface area contributed by atoms with Crippen LogP contribution < -0.4 is 19.5 Å². The van der Waals surface area contributed by atoms with Crippen LogP contribution in [-0.4, -0.2) is 71.7 Å². The molecule has 2 N–H and O–H groups in total. The molecule has 0 bridgehead atoms. The highest BCUT2D eigenvalue weighted by atomic mass is 35.5. The van der Waals surface area contributed by atoms with E-state index in [4.69, 9.17) is 25.8 Å². The number of rotatable bonds is 11. The quantitative estimate of drug-likeness (QED) is 0.197. The molecular formula is C46H58ClN3O6. The first kappa shape index (κ1) is 39.0. The molecule has 8 rings (SSSR count). The highest BCUT2D eigenvalue weighted by Crippen LogP contribution is 2.58. The van der Waals surface area contributed by atoms with Gasteiger partial charge in [-0.15, -0.1) is 0 Å². The number of aryl methyl sites for hydroxylation is 1. The van der Waals surface area contributed by atoms with Crippen LogP contribution >= 0.6 is 11.6 Å². The van der Waals surface area contributed by atoms with Crippen LogP contribution in [0, 0.1) is 17.8 Å². The molecule has 3 aromatic rings. The lowest BCUT2D eigenvalue weighted by molar-refractivity contribution is -0.144. The molecule has 4 aliphatic carbocycles. The first-order valence-electron chi connectivity index (χ1n) is 21.0. The fraction of sp³-hybridized carbons (Fsp3) is 0.587. The molecule has 1 unspecified atom stereocenters. The van der Waals surface area contributed by atoms with E-state index >= 15 is 0 Å². The second-order valence-electron chi connectivity index (χ2n) is 17.8. The number of pyridine rings is 1. The standard InChI is InChI=1S/C46H58ClN3O6/c1-29(26-54-40-14-19-48-39-9-4-6-30(2)43(39)40)20-33-21-32-22-41-42(56-28-31(27-55-41)25-50(3)36-10-12-37(51)13-11-36)24-38(32)45(33)15-17-46(18-16-45,44(52)53)49-35-8-5-7-34(47)23-35/h5,7-8,14,19,22-24,29-31,33,36,49H,4,6,9-13,15-18,20-21,25-28H2,1-3H3,(H,52,53)/t29-,30-,31?,33+,45?,46?/m1/s1. The van der Waals surface area contributed by atoms with Crippen LogP contribution in [0.3, 0.4) is 0 Å². The number of hydrogen-bond acceptors (Lipinski definition) is 8. The minimum absolute atomic E-state index is 0.203. The SMILES string of the molecule is C[C@@H](COc1ccnc2c1[C@H](C)CCC2)C[C@H]1Cc2cc3c(cc2C12CCC(Nc1cccc(Cl)c1)(C(=O)O)CC2)OCC(CN(C)C1CCC(=O)CC1)CO3. The number of fused-ring (bicyclic) bond motifs is 4. The Morgan fingerprint density at radius 3 is 2.54 bits per heavy atom. The summed E-state index contributed by atoms with van der Waals surface area (Å²) in [6.45, 7) is 7.20. The van der Waals surface area contributed by atoms with Crippen molar-refractivity contribution in [1.82, 2.24) is 9.88 Å². The van der Waals surface area contributed by atoms with Gasteiger partial charge in [-0.25, -0.2) is 4.79 Å². The number of aromatic nitrogens is 1. The van der Waals surface area contributed by atoms with Gasteiger partial charge in [0.25, 0.3) is 0 Å². The number of carboxylic acid groups (broad SMARTS) is 1. The smallest absolute Gasteiger partial charge is 0.329 e. The van der Waals surface area contributed by atoms with E-state index in [1.165, 1.54) is 28.8 Å². The van der Waals surface area contributed by atoms with E-state index in [1.807, 2.05) is 24.4 Å². The molecule has 1 aliphatic heterocycles. The Morgan fingerprint density at radius 2 is 1.80 bits per heavy atom. The summed E-state index contributed by atoms with van der Waals surface area (Å²) < 4.78 is 19.8. The number of nitrogens with zero attached hydrogens (tertiary/aromatic N) is 2. The number of Topliss-reactive ketones (excluding diaryl/α,β-unsaturated/α-hetero) is 1. The summed E-state index contributed by atoms with van der Waals surface area (Å²) in [6.07, 6.45) is 12.8. The Bertz CT molecular complexity index is 1920. The summed E-state index contributed by atoms with van der Waals surface area (Å²) in [5.41, 5.74) is 4.47. The van der Waals surface area contributed by atoms with Crippen LogP contribution in [0.25, 0.3) is 0 Å². The molecule has 2 aromatic carbocycles.